The van der Waals surface area contributed by atoms with Crippen molar-refractivity contribution >= 4 is 35.1 Å². The van der Waals surface area contributed by atoms with Crippen molar-refractivity contribution in [2.45, 2.75) is 19.0 Å². The summed E-state index contributed by atoms with van der Waals surface area (Å²) in [5.74, 6) is -0.344. The number of urea groups is 1. The molecule has 3 amide bonds. The molecule has 0 fully saturated rings. The normalized spacial score (nSPS) is 11.6. The quantitative estimate of drug-likeness (QED) is 0.735. The monoisotopic (exact) mass is 365 g/mol. The number of rotatable bonds is 6. The molecule has 2 rings (SSSR count). The largest absolute Gasteiger partial charge is 0.352 e. The van der Waals surface area contributed by atoms with E-state index in [1.807, 2.05) is 30.3 Å². The van der Waals surface area contributed by atoms with Crippen LogP contribution in [0.4, 0.5) is 4.79 Å². The molecule has 1 atom stereocenters. The van der Waals surface area contributed by atoms with Gasteiger partial charge < -0.3 is 16.4 Å². The number of hydrogen-bond acceptors (Lipinski definition) is 2. The molecule has 0 radical (unpaired) electrons. The number of carbonyl (C=O) groups is 2. The molecule has 2 aromatic carbocycles. The zero-order valence-electron chi connectivity index (χ0n) is 12.8. The SMILES string of the molecule is NC(=O)N[C@@H](Cc1ccccc1)C(=O)NCc1ccc(Cl)cc1Cl. The molecular formula is C17H17Cl2N3O2. The molecule has 0 aliphatic carbocycles. The van der Waals surface area contributed by atoms with Gasteiger partial charge in [-0.1, -0.05) is 59.6 Å². The zero-order chi connectivity index (χ0) is 17.5. The van der Waals surface area contributed by atoms with Crippen LogP contribution in [-0.4, -0.2) is 18.0 Å². The van der Waals surface area contributed by atoms with Gasteiger partial charge in [-0.3, -0.25) is 4.79 Å². The Morgan fingerprint density at radius 2 is 1.79 bits per heavy atom. The standard InChI is InChI=1S/C17H17Cl2N3O2/c18-13-7-6-12(14(19)9-13)10-21-16(23)15(22-17(20)24)8-11-4-2-1-3-5-11/h1-7,9,15H,8,10H2,(H,21,23)(H3,20,22,24)/t15-/m0/s1. The topological polar surface area (TPSA) is 84.2 Å². The van der Waals surface area contributed by atoms with Gasteiger partial charge in [0.2, 0.25) is 5.91 Å². The molecule has 4 N–H and O–H groups in total. The Morgan fingerprint density at radius 1 is 1.08 bits per heavy atom. The minimum Gasteiger partial charge on any atom is -0.352 e. The van der Waals surface area contributed by atoms with Crippen LogP contribution in [0.3, 0.4) is 0 Å². The summed E-state index contributed by atoms with van der Waals surface area (Å²) in [6.07, 6.45) is 0.337. The van der Waals surface area contributed by atoms with Gasteiger partial charge in [-0.15, -0.1) is 0 Å². The third-order valence-corrected chi connectivity index (χ3v) is 3.97. The second-order valence-electron chi connectivity index (χ2n) is 5.20. The molecule has 0 aliphatic rings. The molecule has 0 bridgehead atoms. The van der Waals surface area contributed by atoms with Gasteiger partial charge in [0.25, 0.3) is 0 Å². The first kappa shape index (κ1) is 18.1. The molecule has 0 aliphatic heterocycles. The van der Waals surface area contributed by atoms with Gasteiger partial charge >= 0.3 is 6.03 Å². The first-order chi connectivity index (χ1) is 11.5. The number of nitrogens with one attached hydrogen (secondary N) is 2. The van der Waals surface area contributed by atoms with Gasteiger partial charge in [-0.05, 0) is 23.3 Å². The highest BCUT2D eigenvalue weighted by atomic mass is 35.5. The number of hydrogen-bond donors (Lipinski definition) is 3. The first-order valence-corrected chi connectivity index (χ1v) is 8.03. The molecule has 0 saturated heterocycles. The van der Waals surface area contributed by atoms with Crippen molar-refractivity contribution in [3.63, 3.8) is 0 Å². The number of carbonyl (C=O) groups excluding carboxylic acids is 2. The second kappa shape index (κ2) is 8.57. The molecule has 126 valence electrons. The third kappa shape index (κ3) is 5.44. The molecule has 0 heterocycles. The number of benzene rings is 2. The van der Waals surface area contributed by atoms with Crippen LogP contribution in [0, 0.1) is 0 Å². The first-order valence-electron chi connectivity index (χ1n) is 7.27. The van der Waals surface area contributed by atoms with E-state index in [1.165, 1.54) is 0 Å². The summed E-state index contributed by atoms with van der Waals surface area (Å²) in [5.41, 5.74) is 6.81. The fourth-order valence-corrected chi connectivity index (χ4v) is 2.68. The minimum atomic E-state index is -0.768. The van der Waals surface area contributed by atoms with E-state index in [0.717, 1.165) is 11.1 Å². The minimum absolute atomic E-state index is 0.223. The van der Waals surface area contributed by atoms with E-state index in [4.69, 9.17) is 28.9 Å². The summed E-state index contributed by atoms with van der Waals surface area (Å²) in [7, 11) is 0. The Hall–Kier alpha value is -2.24. The number of primary amides is 1. The van der Waals surface area contributed by atoms with Crippen molar-refractivity contribution in [2.24, 2.45) is 5.73 Å². The van der Waals surface area contributed by atoms with Gasteiger partial charge in [-0.2, -0.15) is 0 Å². The van der Waals surface area contributed by atoms with E-state index in [0.29, 0.717) is 16.5 Å². The highest BCUT2D eigenvalue weighted by Gasteiger charge is 2.20. The number of halogens is 2. The fraction of sp³-hybridized carbons (Fsp3) is 0.176. The van der Waals surface area contributed by atoms with Gasteiger partial charge in [0.05, 0.1) is 0 Å². The average Bonchev–Trinajstić information content (AvgIpc) is 2.53. The molecule has 0 saturated carbocycles. The van der Waals surface area contributed by atoms with Crippen LogP contribution >= 0.6 is 23.2 Å². The molecule has 0 unspecified atom stereocenters. The molecule has 0 spiro atoms. The number of amides is 3. The van der Waals surface area contributed by atoms with Crippen LogP contribution in [0.15, 0.2) is 48.5 Å². The number of nitrogens with two attached hydrogens (primary N) is 1. The smallest absolute Gasteiger partial charge is 0.312 e. The Balaban J connectivity index is 2.03. The summed E-state index contributed by atoms with van der Waals surface area (Å²) in [6.45, 7) is 0.223. The Morgan fingerprint density at radius 3 is 2.42 bits per heavy atom. The van der Waals surface area contributed by atoms with Crippen LogP contribution in [0.25, 0.3) is 0 Å². The van der Waals surface area contributed by atoms with Crippen molar-refractivity contribution in [1.82, 2.24) is 10.6 Å². The maximum Gasteiger partial charge on any atom is 0.312 e. The van der Waals surface area contributed by atoms with E-state index in [1.54, 1.807) is 18.2 Å². The molecule has 0 aromatic heterocycles. The fourth-order valence-electron chi connectivity index (χ4n) is 2.20. The van der Waals surface area contributed by atoms with Crippen LogP contribution in [0.1, 0.15) is 11.1 Å². The van der Waals surface area contributed by atoms with Crippen molar-refractivity contribution in [2.75, 3.05) is 0 Å². The highest BCUT2D eigenvalue weighted by molar-refractivity contribution is 6.35. The predicted molar refractivity (Wildman–Crippen MR) is 95.0 cm³/mol. The predicted octanol–water partition coefficient (Wildman–Crippen LogP) is 2.89. The zero-order valence-corrected chi connectivity index (χ0v) is 14.3. The van der Waals surface area contributed by atoms with E-state index < -0.39 is 12.1 Å². The molecule has 2 aromatic rings. The van der Waals surface area contributed by atoms with Crippen molar-refractivity contribution in [3.8, 4) is 0 Å². The molecule has 24 heavy (non-hydrogen) atoms. The lowest BCUT2D eigenvalue weighted by atomic mass is 10.1. The molecule has 5 nitrogen and oxygen atoms in total. The summed E-state index contributed by atoms with van der Waals surface area (Å²) in [5, 5.41) is 6.19. The Bertz CT molecular complexity index is 723. The lowest BCUT2D eigenvalue weighted by molar-refractivity contribution is -0.123. The Labute approximate surface area is 150 Å². The van der Waals surface area contributed by atoms with E-state index in [9.17, 15) is 9.59 Å². The lowest BCUT2D eigenvalue weighted by Crippen LogP contribution is -2.49. The second-order valence-corrected chi connectivity index (χ2v) is 6.05. The molecule has 7 heteroatoms. The third-order valence-electron chi connectivity index (χ3n) is 3.38. The summed E-state index contributed by atoms with van der Waals surface area (Å²) in [4.78, 5) is 23.5. The Kier molecular flexibility index (Phi) is 6.46. The summed E-state index contributed by atoms with van der Waals surface area (Å²) >= 11 is 11.9. The van der Waals surface area contributed by atoms with Crippen molar-refractivity contribution < 1.29 is 9.59 Å². The van der Waals surface area contributed by atoms with Gasteiger partial charge in [-0.25, -0.2) is 4.79 Å². The highest BCUT2D eigenvalue weighted by Crippen LogP contribution is 2.20. The van der Waals surface area contributed by atoms with E-state index in [2.05, 4.69) is 10.6 Å². The van der Waals surface area contributed by atoms with Crippen molar-refractivity contribution in [1.29, 1.82) is 0 Å². The van der Waals surface area contributed by atoms with E-state index in [-0.39, 0.29) is 12.5 Å². The van der Waals surface area contributed by atoms with Crippen LogP contribution < -0.4 is 16.4 Å². The van der Waals surface area contributed by atoms with E-state index >= 15 is 0 Å². The lowest BCUT2D eigenvalue weighted by Gasteiger charge is -2.18. The molecular weight excluding hydrogens is 349 g/mol. The van der Waals surface area contributed by atoms with Crippen LogP contribution in [0.5, 0.6) is 0 Å². The average molecular weight is 366 g/mol. The van der Waals surface area contributed by atoms with Gasteiger partial charge in [0.1, 0.15) is 6.04 Å². The summed E-state index contributed by atoms with van der Waals surface area (Å²) < 4.78 is 0. The summed E-state index contributed by atoms with van der Waals surface area (Å²) in [6, 6.07) is 12.9. The van der Waals surface area contributed by atoms with Crippen LogP contribution in [0.2, 0.25) is 10.0 Å². The maximum atomic E-state index is 12.4. The van der Waals surface area contributed by atoms with Gasteiger partial charge in [0, 0.05) is 23.0 Å². The maximum absolute atomic E-state index is 12.4. The van der Waals surface area contributed by atoms with Crippen LogP contribution in [-0.2, 0) is 17.8 Å². The van der Waals surface area contributed by atoms with Gasteiger partial charge in [0.15, 0.2) is 0 Å². The van der Waals surface area contributed by atoms with Crippen molar-refractivity contribution in [3.05, 3.63) is 69.7 Å².